The highest BCUT2D eigenvalue weighted by Crippen LogP contribution is 2.14. The Labute approximate surface area is 90.2 Å². The maximum Gasteiger partial charge on any atom is 0.0494 e. The van der Waals surface area contributed by atoms with Crippen LogP contribution < -0.4 is 0 Å². The van der Waals surface area contributed by atoms with Crippen LogP contribution in [-0.2, 0) is 4.74 Å². The largest absolute Gasteiger partial charge is 0.381 e. The zero-order valence-corrected chi connectivity index (χ0v) is 10.5. The van der Waals surface area contributed by atoms with E-state index < -0.39 is 0 Å². The van der Waals surface area contributed by atoms with E-state index in [2.05, 4.69) is 27.7 Å². The summed E-state index contributed by atoms with van der Waals surface area (Å²) in [4.78, 5) is 0. The van der Waals surface area contributed by atoms with Gasteiger partial charge in [0.15, 0.2) is 0 Å². The molecule has 0 radical (unpaired) electrons. The van der Waals surface area contributed by atoms with Gasteiger partial charge < -0.3 is 4.74 Å². The maximum absolute atomic E-state index is 5.75. The average molecular weight is 200 g/mol. The summed E-state index contributed by atoms with van der Waals surface area (Å²) >= 11 is 0. The lowest BCUT2D eigenvalue weighted by molar-refractivity contribution is 0.0690. The van der Waals surface area contributed by atoms with Crippen LogP contribution in [0.4, 0.5) is 0 Å². The molecule has 14 heavy (non-hydrogen) atoms. The van der Waals surface area contributed by atoms with Crippen molar-refractivity contribution in [3.8, 4) is 0 Å². The lowest BCUT2D eigenvalue weighted by Gasteiger charge is -2.17. The Balaban J connectivity index is 3.49. The highest BCUT2D eigenvalue weighted by atomic mass is 16.5. The Kier molecular flexibility index (Phi) is 9.49. The highest BCUT2D eigenvalue weighted by Gasteiger charge is 2.07. The van der Waals surface area contributed by atoms with Gasteiger partial charge in [-0.25, -0.2) is 0 Å². The molecule has 1 nitrogen and oxygen atoms in total. The first-order chi connectivity index (χ1) is 6.74. The smallest absolute Gasteiger partial charge is 0.0494 e. The van der Waals surface area contributed by atoms with Gasteiger partial charge in [0.05, 0.1) is 0 Å². The van der Waals surface area contributed by atoms with Crippen molar-refractivity contribution in [2.75, 3.05) is 13.2 Å². The predicted molar refractivity (Wildman–Crippen MR) is 63.6 cm³/mol. The van der Waals surface area contributed by atoms with E-state index in [1.54, 1.807) is 0 Å². The summed E-state index contributed by atoms with van der Waals surface area (Å²) in [6.07, 6.45) is 6.46. The Hall–Kier alpha value is -0.0400. The normalized spacial score (nSPS) is 13.5. The monoisotopic (exact) mass is 200 g/mol. The lowest BCUT2D eigenvalue weighted by Crippen LogP contribution is -2.13. The first kappa shape index (κ1) is 14.0. The molecule has 0 spiro atoms. The van der Waals surface area contributed by atoms with Gasteiger partial charge >= 0.3 is 0 Å². The van der Waals surface area contributed by atoms with Crippen molar-refractivity contribution >= 4 is 0 Å². The molecule has 0 aromatic rings. The average Bonchev–Trinajstić information content (AvgIpc) is 2.18. The van der Waals surface area contributed by atoms with E-state index in [0.717, 1.165) is 25.0 Å². The Morgan fingerprint density at radius 1 is 0.929 bits per heavy atom. The molecule has 0 aliphatic rings. The molecule has 0 N–H and O–H groups in total. The third-order valence-corrected chi connectivity index (χ3v) is 2.85. The Morgan fingerprint density at radius 2 is 1.50 bits per heavy atom. The first-order valence-corrected chi connectivity index (χ1v) is 6.32. The standard InChI is InChI=1S/C13H28O/c1-5-8-13(9-6-2)11-14-10-12(4)7-3/h12-13H,5-11H2,1-4H3. The van der Waals surface area contributed by atoms with Crippen LogP contribution in [-0.4, -0.2) is 13.2 Å². The van der Waals surface area contributed by atoms with Crippen molar-refractivity contribution < 1.29 is 4.74 Å². The van der Waals surface area contributed by atoms with E-state index in [4.69, 9.17) is 4.74 Å². The molecular formula is C13H28O. The minimum absolute atomic E-state index is 0.721. The minimum Gasteiger partial charge on any atom is -0.381 e. The summed E-state index contributed by atoms with van der Waals surface area (Å²) in [7, 11) is 0. The van der Waals surface area contributed by atoms with Gasteiger partial charge in [0, 0.05) is 13.2 Å². The predicted octanol–water partition coefficient (Wildman–Crippen LogP) is 4.27. The number of hydrogen-bond donors (Lipinski definition) is 0. The molecule has 0 fully saturated rings. The van der Waals surface area contributed by atoms with Crippen molar-refractivity contribution in [1.82, 2.24) is 0 Å². The Bertz CT molecular complexity index is 106. The summed E-state index contributed by atoms with van der Waals surface area (Å²) in [5, 5.41) is 0. The van der Waals surface area contributed by atoms with Crippen LogP contribution in [0, 0.1) is 11.8 Å². The van der Waals surface area contributed by atoms with E-state index in [9.17, 15) is 0 Å². The van der Waals surface area contributed by atoms with Crippen molar-refractivity contribution in [1.29, 1.82) is 0 Å². The zero-order valence-electron chi connectivity index (χ0n) is 10.5. The number of ether oxygens (including phenoxy) is 1. The number of hydrogen-bond acceptors (Lipinski definition) is 1. The quantitative estimate of drug-likeness (QED) is 0.540. The van der Waals surface area contributed by atoms with E-state index in [-0.39, 0.29) is 0 Å². The van der Waals surface area contributed by atoms with Crippen LogP contribution in [0.3, 0.4) is 0 Å². The molecule has 0 bridgehead atoms. The van der Waals surface area contributed by atoms with Gasteiger partial charge in [-0.05, 0) is 24.7 Å². The van der Waals surface area contributed by atoms with Gasteiger partial charge in [-0.1, -0.05) is 47.0 Å². The first-order valence-electron chi connectivity index (χ1n) is 6.32. The van der Waals surface area contributed by atoms with Crippen LogP contribution in [0.5, 0.6) is 0 Å². The topological polar surface area (TPSA) is 9.23 Å². The van der Waals surface area contributed by atoms with Crippen molar-refractivity contribution in [3.05, 3.63) is 0 Å². The lowest BCUT2D eigenvalue weighted by atomic mass is 9.99. The number of rotatable bonds is 9. The van der Waals surface area contributed by atoms with Crippen LogP contribution in [0.2, 0.25) is 0 Å². The fourth-order valence-corrected chi connectivity index (χ4v) is 1.68. The van der Waals surface area contributed by atoms with Gasteiger partial charge in [-0.15, -0.1) is 0 Å². The van der Waals surface area contributed by atoms with Crippen LogP contribution in [0.1, 0.15) is 59.8 Å². The third-order valence-electron chi connectivity index (χ3n) is 2.85. The molecule has 0 aliphatic carbocycles. The van der Waals surface area contributed by atoms with Crippen molar-refractivity contribution in [3.63, 3.8) is 0 Å². The van der Waals surface area contributed by atoms with Gasteiger partial charge in [-0.3, -0.25) is 0 Å². The van der Waals surface area contributed by atoms with Crippen molar-refractivity contribution in [2.45, 2.75) is 59.8 Å². The van der Waals surface area contributed by atoms with Gasteiger partial charge in [0.1, 0.15) is 0 Å². The van der Waals surface area contributed by atoms with Crippen LogP contribution >= 0.6 is 0 Å². The van der Waals surface area contributed by atoms with Gasteiger partial charge in [-0.2, -0.15) is 0 Å². The highest BCUT2D eigenvalue weighted by molar-refractivity contribution is 4.57. The third kappa shape index (κ3) is 7.37. The van der Waals surface area contributed by atoms with E-state index >= 15 is 0 Å². The molecule has 0 amide bonds. The van der Waals surface area contributed by atoms with Crippen molar-refractivity contribution in [2.24, 2.45) is 11.8 Å². The van der Waals surface area contributed by atoms with Crippen LogP contribution in [0.15, 0.2) is 0 Å². The molecule has 1 unspecified atom stereocenters. The second-order valence-electron chi connectivity index (χ2n) is 4.49. The van der Waals surface area contributed by atoms with Crippen LogP contribution in [0.25, 0.3) is 0 Å². The summed E-state index contributed by atoms with van der Waals surface area (Å²) in [5.41, 5.74) is 0. The molecule has 86 valence electrons. The summed E-state index contributed by atoms with van der Waals surface area (Å²) in [6.45, 7) is 10.9. The molecule has 0 saturated carbocycles. The molecule has 1 heteroatoms. The summed E-state index contributed by atoms with van der Waals surface area (Å²) in [6, 6.07) is 0. The van der Waals surface area contributed by atoms with E-state index in [0.29, 0.717) is 0 Å². The summed E-state index contributed by atoms with van der Waals surface area (Å²) < 4.78 is 5.75. The molecule has 0 aliphatic heterocycles. The molecule has 1 atom stereocenters. The maximum atomic E-state index is 5.75. The Morgan fingerprint density at radius 3 is 1.93 bits per heavy atom. The SMILES string of the molecule is CCCC(CCC)COCC(C)CC. The molecule has 0 heterocycles. The van der Waals surface area contributed by atoms with E-state index in [1.165, 1.54) is 32.1 Å². The molecule has 0 rings (SSSR count). The minimum atomic E-state index is 0.721. The summed E-state index contributed by atoms with van der Waals surface area (Å²) in [5.74, 6) is 1.52. The van der Waals surface area contributed by atoms with Gasteiger partial charge in [0.2, 0.25) is 0 Å². The van der Waals surface area contributed by atoms with E-state index in [1.807, 2.05) is 0 Å². The molecular weight excluding hydrogens is 172 g/mol. The molecule has 0 aromatic heterocycles. The fraction of sp³-hybridized carbons (Fsp3) is 1.00. The zero-order chi connectivity index (χ0) is 10.8. The molecule has 0 aromatic carbocycles. The van der Waals surface area contributed by atoms with Gasteiger partial charge in [0.25, 0.3) is 0 Å². The molecule has 0 saturated heterocycles. The second kappa shape index (κ2) is 9.51. The second-order valence-corrected chi connectivity index (χ2v) is 4.49. The fourth-order valence-electron chi connectivity index (χ4n) is 1.68.